The van der Waals surface area contributed by atoms with Crippen molar-refractivity contribution in [1.29, 1.82) is 0 Å². The second-order valence-electron chi connectivity index (χ2n) is 4.40. The summed E-state index contributed by atoms with van der Waals surface area (Å²) in [4.78, 5) is 0. The summed E-state index contributed by atoms with van der Waals surface area (Å²) in [6.45, 7) is 15.4. The molecule has 18 heavy (non-hydrogen) atoms. The zero-order chi connectivity index (χ0) is 12.6. The Balaban J connectivity index is 0.00000289. The minimum atomic E-state index is 0. The summed E-state index contributed by atoms with van der Waals surface area (Å²) in [5.74, 6) is 0. The Morgan fingerprint density at radius 2 is 1.28 bits per heavy atom. The van der Waals surface area contributed by atoms with Gasteiger partial charge in [0.1, 0.15) is 6.54 Å². The molecule has 1 nitrogen and oxygen atoms in total. The molecule has 0 aliphatic rings. The smallest absolute Gasteiger partial charge is 0.105 e. The Hall–Kier alpha value is -0.870. The fourth-order valence-electron chi connectivity index (χ4n) is 2.21. The third-order valence-electron chi connectivity index (χ3n) is 2.91. The first kappa shape index (κ1) is 17.1. The topological polar surface area (TPSA) is 0 Å². The van der Waals surface area contributed by atoms with Crippen molar-refractivity contribution in [3.63, 3.8) is 0 Å². The minimum absolute atomic E-state index is 0. The molecule has 0 aromatic heterocycles. The van der Waals surface area contributed by atoms with Gasteiger partial charge in [0.25, 0.3) is 0 Å². The molecular formula is C16H22IN. The Morgan fingerprint density at radius 3 is 1.67 bits per heavy atom. The quantitative estimate of drug-likeness (QED) is 0.363. The second kappa shape index (κ2) is 9.11. The SMILES string of the molecule is C=CC[N+](CC=C)(CC=C)Cc1ccccc1.[I-]. The fraction of sp³-hybridized carbons (Fsp3) is 0.250. The number of nitrogens with zero attached hydrogens (tertiary/aromatic N) is 1. The molecule has 0 unspecified atom stereocenters. The van der Waals surface area contributed by atoms with Crippen molar-refractivity contribution in [2.24, 2.45) is 0 Å². The van der Waals surface area contributed by atoms with Gasteiger partial charge in [-0.2, -0.15) is 0 Å². The van der Waals surface area contributed by atoms with E-state index in [0.29, 0.717) is 0 Å². The van der Waals surface area contributed by atoms with Crippen LogP contribution in [0.15, 0.2) is 68.3 Å². The molecule has 0 heterocycles. The highest BCUT2D eigenvalue weighted by atomic mass is 127. The summed E-state index contributed by atoms with van der Waals surface area (Å²) < 4.78 is 0.917. The minimum Gasteiger partial charge on any atom is -1.00 e. The molecule has 1 rings (SSSR count). The number of halogens is 1. The molecule has 0 N–H and O–H groups in total. The van der Waals surface area contributed by atoms with Crippen molar-refractivity contribution in [1.82, 2.24) is 0 Å². The van der Waals surface area contributed by atoms with E-state index >= 15 is 0 Å². The lowest BCUT2D eigenvalue weighted by Crippen LogP contribution is -3.00. The van der Waals surface area contributed by atoms with Crippen molar-refractivity contribution < 1.29 is 28.5 Å². The molecule has 0 radical (unpaired) electrons. The van der Waals surface area contributed by atoms with Gasteiger partial charge in [0, 0.05) is 5.56 Å². The van der Waals surface area contributed by atoms with Crippen LogP contribution in [0.2, 0.25) is 0 Å². The summed E-state index contributed by atoms with van der Waals surface area (Å²) in [5.41, 5.74) is 1.35. The molecule has 0 saturated heterocycles. The van der Waals surface area contributed by atoms with Gasteiger partial charge >= 0.3 is 0 Å². The molecule has 1 aromatic carbocycles. The first-order valence-electron chi connectivity index (χ1n) is 5.98. The van der Waals surface area contributed by atoms with Gasteiger partial charge in [-0.25, -0.2) is 0 Å². The van der Waals surface area contributed by atoms with Crippen LogP contribution in [0, 0.1) is 0 Å². The van der Waals surface area contributed by atoms with Crippen molar-refractivity contribution in [2.75, 3.05) is 19.6 Å². The van der Waals surface area contributed by atoms with Crippen LogP contribution in [-0.4, -0.2) is 24.1 Å². The molecule has 0 atom stereocenters. The lowest BCUT2D eigenvalue weighted by molar-refractivity contribution is -0.924. The Kier molecular flexibility index (Phi) is 8.67. The van der Waals surface area contributed by atoms with Crippen molar-refractivity contribution in [2.45, 2.75) is 6.54 Å². The van der Waals surface area contributed by atoms with Gasteiger partial charge in [0.05, 0.1) is 19.6 Å². The van der Waals surface area contributed by atoms with Gasteiger partial charge in [-0.1, -0.05) is 50.1 Å². The van der Waals surface area contributed by atoms with Crippen LogP contribution < -0.4 is 24.0 Å². The second-order valence-corrected chi connectivity index (χ2v) is 4.40. The Labute approximate surface area is 128 Å². The molecule has 0 spiro atoms. The maximum absolute atomic E-state index is 3.87. The van der Waals surface area contributed by atoms with E-state index in [1.807, 2.05) is 24.3 Å². The van der Waals surface area contributed by atoms with Crippen LogP contribution in [0.25, 0.3) is 0 Å². The predicted octanol–water partition coefficient (Wildman–Crippen LogP) is 0.565. The van der Waals surface area contributed by atoms with Gasteiger partial charge in [0.2, 0.25) is 0 Å². The van der Waals surface area contributed by atoms with E-state index in [-0.39, 0.29) is 24.0 Å². The highest BCUT2D eigenvalue weighted by Crippen LogP contribution is 2.15. The summed E-state index contributed by atoms with van der Waals surface area (Å²) >= 11 is 0. The van der Waals surface area contributed by atoms with Crippen molar-refractivity contribution in [3.05, 3.63) is 73.9 Å². The maximum atomic E-state index is 3.87. The molecule has 0 saturated carbocycles. The van der Waals surface area contributed by atoms with E-state index in [4.69, 9.17) is 0 Å². The molecule has 0 amide bonds. The number of rotatable bonds is 8. The van der Waals surface area contributed by atoms with Gasteiger partial charge in [-0.15, -0.1) is 0 Å². The van der Waals surface area contributed by atoms with Crippen molar-refractivity contribution in [3.8, 4) is 0 Å². The lowest BCUT2D eigenvalue weighted by atomic mass is 10.1. The van der Waals surface area contributed by atoms with Crippen molar-refractivity contribution >= 4 is 0 Å². The molecule has 0 aliphatic carbocycles. The highest BCUT2D eigenvalue weighted by molar-refractivity contribution is 5.13. The van der Waals surface area contributed by atoms with Gasteiger partial charge < -0.3 is 28.5 Å². The molecule has 0 fully saturated rings. The van der Waals surface area contributed by atoms with E-state index in [9.17, 15) is 0 Å². The highest BCUT2D eigenvalue weighted by Gasteiger charge is 2.23. The van der Waals surface area contributed by atoms with Gasteiger partial charge in [-0.05, 0) is 18.2 Å². The number of quaternary nitrogens is 1. The van der Waals surface area contributed by atoms with E-state index in [2.05, 4.69) is 44.0 Å². The van der Waals surface area contributed by atoms with E-state index in [0.717, 1.165) is 30.7 Å². The van der Waals surface area contributed by atoms with Gasteiger partial charge in [-0.3, -0.25) is 0 Å². The third kappa shape index (κ3) is 5.19. The number of benzene rings is 1. The third-order valence-corrected chi connectivity index (χ3v) is 2.91. The molecule has 2 heteroatoms. The van der Waals surface area contributed by atoms with Crippen LogP contribution in [0.1, 0.15) is 5.56 Å². The average molecular weight is 355 g/mol. The molecule has 98 valence electrons. The lowest BCUT2D eigenvalue weighted by Gasteiger charge is -2.36. The summed E-state index contributed by atoms with van der Waals surface area (Å²) in [6.07, 6.45) is 5.95. The normalized spacial score (nSPS) is 10.2. The van der Waals surface area contributed by atoms with Crippen LogP contribution in [0.4, 0.5) is 0 Å². The average Bonchev–Trinajstić information content (AvgIpc) is 2.31. The summed E-state index contributed by atoms with van der Waals surface area (Å²) in [5, 5.41) is 0. The molecule has 0 aliphatic heterocycles. The first-order chi connectivity index (χ1) is 8.26. The van der Waals surface area contributed by atoms with E-state index < -0.39 is 0 Å². The maximum Gasteiger partial charge on any atom is 0.105 e. The fourth-order valence-corrected chi connectivity index (χ4v) is 2.21. The Bertz CT molecular complexity index is 343. The summed E-state index contributed by atoms with van der Waals surface area (Å²) in [7, 11) is 0. The Morgan fingerprint density at radius 1 is 0.833 bits per heavy atom. The van der Waals surface area contributed by atoms with Crippen LogP contribution >= 0.6 is 0 Å². The number of hydrogen-bond acceptors (Lipinski definition) is 0. The number of hydrogen-bond donors (Lipinski definition) is 0. The van der Waals surface area contributed by atoms with Crippen LogP contribution in [0.5, 0.6) is 0 Å². The largest absolute Gasteiger partial charge is 1.00 e. The van der Waals surface area contributed by atoms with Gasteiger partial charge in [0.15, 0.2) is 0 Å². The zero-order valence-corrected chi connectivity index (χ0v) is 13.1. The predicted molar refractivity (Wildman–Crippen MR) is 75.6 cm³/mol. The zero-order valence-electron chi connectivity index (χ0n) is 10.9. The van der Waals surface area contributed by atoms with E-state index in [1.54, 1.807) is 0 Å². The van der Waals surface area contributed by atoms with Crippen LogP contribution in [-0.2, 0) is 6.54 Å². The molecular weight excluding hydrogens is 333 g/mol. The molecule has 0 bridgehead atoms. The van der Waals surface area contributed by atoms with Crippen LogP contribution in [0.3, 0.4) is 0 Å². The monoisotopic (exact) mass is 355 g/mol. The molecule has 1 aromatic rings. The standard InChI is InChI=1S/C16H22N.HI/c1-4-12-17(13-5-2,14-6-3)15-16-10-8-7-9-11-16;/h4-11H,1-3,12-15H2;1H/q+1;/p-1. The first-order valence-corrected chi connectivity index (χ1v) is 5.98. The van der Waals surface area contributed by atoms with E-state index in [1.165, 1.54) is 5.56 Å². The summed E-state index contributed by atoms with van der Waals surface area (Å²) in [6, 6.07) is 10.6.